The summed E-state index contributed by atoms with van der Waals surface area (Å²) in [5.41, 5.74) is 2.45. The van der Waals surface area contributed by atoms with Crippen molar-refractivity contribution in [3.63, 3.8) is 0 Å². The van der Waals surface area contributed by atoms with Gasteiger partial charge in [-0.25, -0.2) is 8.42 Å². The normalized spacial score (nSPS) is 15.5. The van der Waals surface area contributed by atoms with Crippen LogP contribution in [0.15, 0.2) is 35.2 Å². The Hall–Kier alpha value is -1.17. The minimum atomic E-state index is -3.18. The minimum absolute atomic E-state index is 0.0161. The number of rotatable bonds is 4. The van der Waals surface area contributed by atoms with Gasteiger partial charge in [0.1, 0.15) is 0 Å². The molecule has 1 aromatic rings. The zero-order valence-electron chi connectivity index (χ0n) is 9.39. The third-order valence-corrected chi connectivity index (χ3v) is 4.05. The first-order valence-electron chi connectivity index (χ1n) is 5.41. The Morgan fingerprint density at radius 3 is 2.24 bits per heavy atom. The number of aliphatic hydroxyl groups excluding tert-OH is 1. The van der Waals surface area contributed by atoms with Gasteiger partial charge in [-0.3, -0.25) is 0 Å². The summed E-state index contributed by atoms with van der Waals surface area (Å²) >= 11 is 0. The van der Waals surface area contributed by atoms with E-state index < -0.39 is 9.84 Å². The minimum Gasteiger partial charge on any atom is -0.392 e. The monoisotopic (exact) mass is 253 g/mol. The SMILES string of the molecule is O=S(=O)(C=C1CNC1)Cc1ccc(CO)cc1. The van der Waals surface area contributed by atoms with E-state index in [0.717, 1.165) is 16.7 Å². The Labute approximate surface area is 101 Å². The molecule has 1 fully saturated rings. The molecule has 0 aliphatic carbocycles. The Morgan fingerprint density at radius 2 is 1.76 bits per heavy atom. The molecule has 0 radical (unpaired) electrons. The number of benzene rings is 1. The van der Waals surface area contributed by atoms with Gasteiger partial charge in [-0.05, 0) is 16.7 Å². The van der Waals surface area contributed by atoms with Crippen LogP contribution in [0.5, 0.6) is 0 Å². The van der Waals surface area contributed by atoms with Crippen molar-refractivity contribution in [1.82, 2.24) is 5.32 Å². The van der Waals surface area contributed by atoms with Crippen molar-refractivity contribution in [2.75, 3.05) is 13.1 Å². The Morgan fingerprint density at radius 1 is 1.18 bits per heavy atom. The Bertz CT molecular complexity index is 511. The lowest BCUT2D eigenvalue weighted by atomic mass is 10.2. The zero-order chi connectivity index (χ0) is 12.3. The molecule has 17 heavy (non-hydrogen) atoms. The maximum absolute atomic E-state index is 11.8. The van der Waals surface area contributed by atoms with Crippen LogP contribution in [0.4, 0.5) is 0 Å². The molecule has 0 atom stereocenters. The van der Waals surface area contributed by atoms with E-state index in [1.54, 1.807) is 24.3 Å². The molecule has 0 saturated carbocycles. The second-order valence-corrected chi connectivity index (χ2v) is 6.01. The maximum atomic E-state index is 11.8. The van der Waals surface area contributed by atoms with E-state index in [9.17, 15) is 8.42 Å². The molecule has 1 saturated heterocycles. The van der Waals surface area contributed by atoms with Crippen LogP contribution in [0.25, 0.3) is 0 Å². The van der Waals surface area contributed by atoms with Crippen LogP contribution in [0.1, 0.15) is 11.1 Å². The number of hydrogen-bond acceptors (Lipinski definition) is 4. The summed E-state index contributed by atoms with van der Waals surface area (Å²) in [6, 6.07) is 6.95. The van der Waals surface area contributed by atoms with Gasteiger partial charge in [-0.1, -0.05) is 24.3 Å². The molecule has 1 aromatic carbocycles. The van der Waals surface area contributed by atoms with Crippen molar-refractivity contribution in [2.45, 2.75) is 12.4 Å². The summed E-state index contributed by atoms with van der Waals surface area (Å²) in [7, 11) is -3.18. The number of aliphatic hydroxyl groups is 1. The molecule has 2 N–H and O–H groups in total. The lowest BCUT2D eigenvalue weighted by molar-refractivity contribution is 0.282. The molecule has 0 bridgehead atoms. The fraction of sp³-hybridized carbons (Fsp3) is 0.333. The Kier molecular flexibility index (Phi) is 3.61. The predicted octanol–water partition coefficient (Wildman–Crippen LogP) is 0.581. The second kappa shape index (κ2) is 5.00. The van der Waals surface area contributed by atoms with E-state index in [4.69, 9.17) is 5.11 Å². The van der Waals surface area contributed by atoms with Gasteiger partial charge in [-0.15, -0.1) is 0 Å². The van der Waals surface area contributed by atoms with Crippen molar-refractivity contribution in [3.8, 4) is 0 Å². The molecular formula is C12H15NO3S. The summed E-state index contributed by atoms with van der Waals surface area (Å²) in [5.74, 6) is 0.0161. The van der Waals surface area contributed by atoms with E-state index in [1.165, 1.54) is 5.41 Å². The summed E-state index contributed by atoms with van der Waals surface area (Å²) in [6.45, 7) is 1.31. The van der Waals surface area contributed by atoms with Gasteiger partial charge in [0.25, 0.3) is 0 Å². The third kappa shape index (κ3) is 3.39. The standard InChI is InChI=1S/C12H15NO3S/c14-7-10-1-3-11(4-2-10)8-17(15,16)9-12-5-13-6-12/h1-4,9,13-14H,5-8H2. The van der Waals surface area contributed by atoms with Crippen LogP contribution >= 0.6 is 0 Å². The Balaban J connectivity index is 2.08. The molecule has 2 rings (SSSR count). The number of hydrogen-bond donors (Lipinski definition) is 2. The molecule has 92 valence electrons. The smallest absolute Gasteiger partial charge is 0.175 e. The first-order valence-corrected chi connectivity index (χ1v) is 7.12. The lowest BCUT2D eigenvalue weighted by Crippen LogP contribution is -2.34. The molecule has 1 aliphatic rings. The van der Waals surface area contributed by atoms with Crippen LogP contribution in [0.3, 0.4) is 0 Å². The topological polar surface area (TPSA) is 66.4 Å². The quantitative estimate of drug-likeness (QED) is 0.824. The molecule has 1 aliphatic heterocycles. The highest BCUT2D eigenvalue weighted by Crippen LogP contribution is 2.12. The van der Waals surface area contributed by atoms with Gasteiger partial charge in [-0.2, -0.15) is 0 Å². The summed E-state index contributed by atoms with van der Waals surface area (Å²) in [5, 5.41) is 13.3. The van der Waals surface area contributed by atoms with E-state index in [0.29, 0.717) is 13.1 Å². The van der Waals surface area contributed by atoms with Crippen molar-refractivity contribution in [3.05, 3.63) is 46.4 Å². The van der Waals surface area contributed by atoms with Gasteiger partial charge in [0.15, 0.2) is 9.84 Å². The maximum Gasteiger partial charge on any atom is 0.175 e. The molecule has 4 nitrogen and oxygen atoms in total. The van der Waals surface area contributed by atoms with Crippen LogP contribution in [0.2, 0.25) is 0 Å². The predicted molar refractivity (Wildman–Crippen MR) is 65.9 cm³/mol. The average molecular weight is 253 g/mol. The third-order valence-electron chi connectivity index (χ3n) is 2.62. The molecule has 5 heteroatoms. The first-order chi connectivity index (χ1) is 8.09. The van der Waals surface area contributed by atoms with Gasteiger partial charge >= 0.3 is 0 Å². The lowest BCUT2D eigenvalue weighted by Gasteiger charge is -2.18. The first kappa shape index (κ1) is 12.3. The highest BCUT2D eigenvalue weighted by Gasteiger charge is 2.14. The van der Waals surface area contributed by atoms with E-state index >= 15 is 0 Å². The van der Waals surface area contributed by atoms with Gasteiger partial charge in [0, 0.05) is 18.5 Å². The summed E-state index contributed by atoms with van der Waals surface area (Å²) in [6.07, 6.45) is 0. The van der Waals surface area contributed by atoms with Gasteiger partial charge in [0.2, 0.25) is 0 Å². The highest BCUT2D eigenvalue weighted by atomic mass is 32.2. The van der Waals surface area contributed by atoms with Crippen LogP contribution in [-0.2, 0) is 22.2 Å². The van der Waals surface area contributed by atoms with E-state index in [-0.39, 0.29) is 12.4 Å². The fourth-order valence-electron chi connectivity index (χ4n) is 1.62. The molecule has 1 heterocycles. The fourth-order valence-corrected chi connectivity index (χ4v) is 3.04. The van der Waals surface area contributed by atoms with Crippen molar-refractivity contribution in [1.29, 1.82) is 0 Å². The highest BCUT2D eigenvalue weighted by molar-refractivity contribution is 7.93. The molecular weight excluding hydrogens is 238 g/mol. The van der Waals surface area contributed by atoms with Crippen molar-refractivity contribution in [2.24, 2.45) is 0 Å². The van der Waals surface area contributed by atoms with Crippen molar-refractivity contribution >= 4 is 9.84 Å². The molecule has 0 amide bonds. The summed E-state index contributed by atoms with van der Waals surface area (Å²) in [4.78, 5) is 0. The molecule has 0 unspecified atom stereocenters. The van der Waals surface area contributed by atoms with Crippen LogP contribution < -0.4 is 5.32 Å². The van der Waals surface area contributed by atoms with E-state index in [1.807, 2.05) is 0 Å². The van der Waals surface area contributed by atoms with Crippen LogP contribution in [0, 0.1) is 0 Å². The number of sulfone groups is 1. The van der Waals surface area contributed by atoms with Gasteiger partial charge in [0.05, 0.1) is 12.4 Å². The zero-order valence-corrected chi connectivity index (χ0v) is 10.2. The summed E-state index contributed by atoms with van der Waals surface area (Å²) < 4.78 is 23.6. The largest absolute Gasteiger partial charge is 0.392 e. The second-order valence-electron chi connectivity index (χ2n) is 4.16. The van der Waals surface area contributed by atoms with Gasteiger partial charge < -0.3 is 10.4 Å². The van der Waals surface area contributed by atoms with E-state index in [2.05, 4.69) is 5.32 Å². The average Bonchev–Trinajstić information content (AvgIpc) is 2.24. The van der Waals surface area contributed by atoms with Crippen LogP contribution in [-0.4, -0.2) is 26.6 Å². The molecule has 0 aromatic heterocycles. The number of nitrogens with one attached hydrogen (secondary N) is 1. The molecule has 0 spiro atoms. The van der Waals surface area contributed by atoms with Crippen molar-refractivity contribution < 1.29 is 13.5 Å².